The Kier molecular flexibility index (Phi) is 6.54. The van der Waals surface area contributed by atoms with E-state index < -0.39 is 0 Å². The number of carbonyl (C=O) groups is 1. The SMILES string of the molecule is Cc1cc(N=CC(=CN)CN2CC(C)O[C@H](c3ccc4c(c3C)COC4=O)C2)ncc1C#N. The Labute approximate surface area is 193 Å². The van der Waals surface area contributed by atoms with Crippen LogP contribution in [0.15, 0.2) is 41.2 Å². The third-order valence-corrected chi connectivity index (χ3v) is 6.09. The maximum Gasteiger partial charge on any atom is 0.338 e. The van der Waals surface area contributed by atoms with Gasteiger partial charge in [-0.1, -0.05) is 6.07 Å². The molecule has 4 rings (SSSR count). The van der Waals surface area contributed by atoms with Gasteiger partial charge in [0.1, 0.15) is 12.7 Å². The minimum atomic E-state index is -0.261. The first-order valence-electron chi connectivity index (χ1n) is 10.9. The highest BCUT2D eigenvalue weighted by Gasteiger charge is 2.31. The number of fused-ring (bicyclic) bond motifs is 1. The molecule has 1 aromatic heterocycles. The molecule has 2 aliphatic rings. The topological polar surface area (TPSA) is 114 Å². The van der Waals surface area contributed by atoms with Crippen molar-refractivity contribution >= 4 is 18.0 Å². The van der Waals surface area contributed by atoms with E-state index in [0.717, 1.165) is 34.4 Å². The number of nitrogens with zero attached hydrogens (tertiary/aromatic N) is 4. The maximum absolute atomic E-state index is 11.9. The average molecular weight is 446 g/mol. The quantitative estimate of drug-likeness (QED) is 0.555. The van der Waals surface area contributed by atoms with Crippen LogP contribution in [0.4, 0.5) is 5.82 Å². The Morgan fingerprint density at radius 1 is 1.39 bits per heavy atom. The Balaban J connectivity index is 1.47. The van der Waals surface area contributed by atoms with E-state index in [-0.39, 0.29) is 18.2 Å². The number of morpholine rings is 1. The molecule has 2 N–H and O–H groups in total. The lowest BCUT2D eigenvalue weighted by Crippen LogP contribution is -2.44. The van der Waals surface area contributed by atoms with Gasteiger partial charge in [-0.2, -0.15) is 5.26 Å². The van der Waals surface area contributed by atoms with Crippen LogP contribution in [0.25, 0.3) is 0 Å². The standard InChI is InChI=1S/C25H27N5O3/c1-15-6-24(29-10-19(15)8-27)28-9-18(7-26)12-30-11-16(2)33-23(13-30)20-4-5-21-22(17(20)3)14-32-25(21)31/h4-7,9-10,16,23H,11-14,26H2,1-3H3/t16?,23-/m0/s1. The second-order valence-electron chi connectivity index (χ2n) is 8.48. The van der Waals surface area contributed by atoms with Crippen LogP contribution in [0.5, 0.6) is 0 Å². The number of hydrogen-bond donors (Lipinski definition) is 1. The van der Waals surface area contributed by atoms with Gasteiger partial charge in [0.2, 0.25) is 0 Å². The number of aromatic nitrogens is 1. The summed E-state index contributed by atoms with van der Waals surface area (Å²) in [6, 6.07) is 7.70. The molecule has 2 atom stereocenters. The Hall–Kier alpha value is -3.54. The number of aliphatic imine (C=N–C) groups is 1. The van der Waals surface area contributed by atoms with Gasteiger partial charge >= 0.3 is 5.97 Å². The van der Waals surface area contributed by atoms with Crippen LogP contribution in [0.1, 0.15) is 51.2 Å². The molecule has 2 aliphatic heterocycles. The summed E-state index contributed by atoms with van der Waals surface area (Å²) in [6.07, 6.45) is 4.71. The molecule has 0 radical (unpaired) electrons. The normalized spacial score (nSPS) is 21.2. The molecule has 170 valence electrons. The zero-order valence-electron chi connectivity index (χ0n) is 19.0. The van der Waals surface area contributed by atoms with Crippen molar-refractivity contribution < 1.29 is 14.3 Å². The van der Waals surface area contributed by atoms with E-state index in [1.807, 2.05) is 26.0 Å². The summed E-state index contributed by atoms with van der Waals surface area (Å²) < 4.78 is 11.5. The number of nitriles is 1. The Morgan fingerprint density at radius 2 is 2.21 bits per heavy atom. The fourth-order valence-corrected chi connectivity index (χ4v) is 4.33. The van der Waals surface area contributed by atoms with E-state index in [1.54, 1.807) is 18.5 Å². The summed E-state index contributed by atoms with van der Waals surface area (Å²) in [5, 5.41) is 9.06. The first-order chi connectivity index (χ1) is 15.9. The van der Waals surface area contributed by atoms with Crippen LogP contribution in [-0.2, 0) is 16.1 Å². The lowest BCUT2D eigenvalue weighted by molar-refractivity contribution is -0.0763. The molecule has 8 nitrogen and oxygen atoms in total. The number of benzene rings is 1. The predicted octanol–water partition coefficient (Wildman–Crippen LogP) is 3.25. The number of nitrogens with two attached hydrogens (primary N) is 1. The zero-order valence-corrected chi connectivity index (χ0v) is 19.0. The van der Waals surface area contributed by atoms with E-state index in [2.05, 4.69) is 27.9 Å². The summed E-state index contributed by atoms with van der Waals surface area (Å²) in [7, 11) is 0. The van der Waals surface area contributed by atoms with Gasteiger partial charge in [-0.25, -0.2) is 14.8 Å². The Morgan fingerprint density at radius 3 is 2.94 bits per heavy atom. The van der Waals surface area contributed by atoms with Crippen LogP contribution in [-0.4, -0.2) is 47.8 Å². The molecular weight excluding hydrogens is 418 g/mol. The van der Waals surface area contributed by atoms with Crippen LogP contribution in [0.2, 0.25) is 0 Å². The maximum atomic E-state index is 11.9. The highest BCUT2D eigenvalue weighted by Crippen LogP contribution is 2.33. The van der Waals surface area contributed by atoms with Crippen LogP contribution in [0.3, 0.4) is 0 Å². The molecule has 1 aromatic carbocycles. The fraction of sp³-hybridized carbons (Fsp3) is 0.360. The summed E-state index contributed by atoms with van der Waals surface area (Å²) in [4.78, 5) is 22.8. The van der Waals surface area contributed by atoms with Crippen LogP contribution < -0.4 is 5.73 Å². The first kappa shape index (κ1) is 22.6. The monoisotopic (exact) mass is 445 g/mol. The minimum absolute atomic E-state index is 0.0353. The number of hydrogen-bond acceptors (Lipinski definition) is 8. The Bertz CT molecular complexity index is 1180. The highest BCUT2D eigenvalue weighted by molar-refractivity contribution is 5.94. The second-order valence-corrected chi connectivity index (χ2v) is 8.48. The van der Waals surface area contributed by atoms with Gasteiger partial charge in [-0.15, -0.1) is 0 Å². The van der Waals surface area contributed by atoms with E-state index in [4.69, 9.17) is 20.5 Å². The van der Waals surface area contributed by atoms with Crippen LogP contribution in [0, 0.1) is 25.2 Å². The van der Waals surface area contributed by atoms with Crippen molar-refractivity contribution in [2.75, 3.05) is 19.6 Å². The van der Waals surface area contributed by atoms with Crippen molar-refractivity contribution in [2.24, 2.45) is 10.7 Å². The summed E-state index contributed by atoms with van der Waals surface area (Å²) in [5.74, 6) is 0.271. The molecule has 0 spiro atoms. The van der Waals surface area contributed by atoms with Crippen molar-refractivity contribution in [3.05, 3.63) is 69.5 Å². The molecule has 0 amide bonds. The van der Waals surface area contributed by atoms with E-state index in [1.165, 1.54) is 6.20 Å². The molecule has 1 fully saturated rings. The molecule has 0 bridgehead atoms. The fourth-order valence-electron chi connectivity index (χ4n) is 4.33. The van der Waals surface area contributed by atoms with Crippen molar-refractivity contribution in [1.29, 1.82) is 5.26 Å². The number of esters is 1. The van der Waals surface area contributed by atoms with Gasteiger partial charge in [0.05, 0.1) is 23.3 Å². The highest BCUT2D eigenvalue weighted by atomic mass is 16.5. The molecule has 0 saturated carbocycles. The van der Waals surface area contributed by atoms with E-state index in [9.17, 15) is 4.79 Å². The number of cyclic esters (lactones) is 1. The van der Waals surface area contributed by atoms with Gasteiger partial charge in [0.25, 0.3) is 0 Å². The molecule has 8 heteroatoms. The molecule has 33 heavy (non-hydrogen) atoms. The molecule has 2 aromatic rings. The number of pyridine rings is 1. The zero-order chi connectivity index (χ0) is 23.5. The molecule has 0 aliphatic carbocycles. The third kappa shape index (κ3) is 4.80. The van der Waals surface area contributed by atoms with Crippen molar-refractivity contribution in [3.8, 4) is 6.07 Å². The lowest BCUT2D eigenvalue weighted by atomic mass is 9.94. The smallest absolute Gasteiger partial charge is 0.338 e. The number of aryl methyl sites for hydroxylation is 1. The van der Waals surface area contributed by atoms with Crippen molar-refractivity contribution in [3.63, 3.8) is 0 Å². The molecule has 3 heterocycles. The molecule has 1 saturated heterocycles. The largest absolute Gasteiger partial charge is 0.457 e. The lowest BCUT2D eigenvalue weighted by Gasteiger charge is -2.37. The van der Waals surface area contributed by atoms with Crippen molar-refractivity contribution in [1.82, 2.24) is 9.88 Å². The average Bonchev–Trinajstić information content (AvgIpc) is 3.18. The number of ether oxygens (including phenoxy) is 2. The van der Waals surface area contributed by atoms with E-state index >= 15 is 0 Å². The summed E-state index contributed by atoms with van der Waals surface area (Å²) >= 11 is 0. The minimum Gasteiger partial charge on any atom is -0.457 e. The summed E-state index contributed by atoms with van der Waals surface area (Å²) in [6.45, 7) is 8.33. The van der Waals surface area contributed by atoms with Crippen molar-refractivity contribution in [2.45, 2.75) is 39.6 Å². The van der Waals surface area contributed by atoms with E-state index in [0.29, 0.717) is 36.6 Å². The number of carbonyl (C=O) groups excluding carboxylic acids is 1. The predicted molar refractivity (Wildman–Crippen MR) is 124 cm³/mol. The van der Waals surface area contributed by atoms with Gasteiger partial charge in [0.15, 0.2) is 5.82 Å². The van der Waals surface area contributed by atoms with Crippen LogP contribution >= 0.6 is 0 Å². The van der Waals surface area contributed by atoms with Gasteiger partial charge in [-0.05, 0) is 61.4 Å². The molecular formula is C25H27N5O3. The molecule has 1 unspecified atom stereocenters. The number of rotatable bonds is 5. The third-order valence-electron chi connectivity index (χ3n) is 6.09. The second kappa shape index (κ2) is 9.53. The summed E-state index contributed by atoms with van der Waals surface area (Å²) in [5.41, 5.74) is 11.8. The van der Waals surface area contributed by atoms with Gasteiger partial charge in [-0.3, -0.25) is 4.90 Å². The van der Waals surface area contributed by atoms with Gasteiger partial charge in [0, 0.05) is 37.6 Å². The van der Waals surface area contributed by atoms with Gasteiger partial charge < -0.3 is 15.2 Å². The first-order valence-corrected chi connectivity index (χ1v) is 10.9.